The fraction of sp³-hybridized carbons (Fsp3) is 0.105. The summed E-state index contributed by atoms with van der Waals surface area (Å²) in [4.78, 5) is 30.9. The van der Waals surface area contributed by atoms with Crippen molar-refractivity contribution >= 4 is 38.9 Å². The lowest BCUT2D eigenvalue weighted by Crippen LogP contribution is -2.25. The molecule has 5 nitrogen and oxygen atoms in total. The lowest BCUT2D eigenvalue weighted by Gasteiger charge is -2.07. The van der Waals surface area contributed by atoms with Gasteiger partial charge in [-0.2, -0.15) is 0 Å². The van der Waals surface area contributed by atoms with E-state index in [1.54, 1.807) is 23.5 Å². The van der Waals surface area contributed by atoms with E-state index in [0.717, 1.165) is 10.4 Å². The van der Waals surface area contributed by atoms with Crippen LogP contribution in [0.25, 0.3) is 20.7 Å². The van der Waals surface area contributed by atoms with Gasteiger partial charge in [-0.25, -0.2) is 9.37 Å². The Bertz CT molecular complexity index is 1150. The van der Waals surface area contributed by atoms with E-state index >= 15 is 0 Å². The van der Waals surface area contributed by atoms with E-state index in [4.69, 9.17) is 4.74 Å². The highest BCUT2D eigenvalue weighted by atomic mass is 32.1. The van der Waals surface area contributed by atoms with Gasteiger partial charge in [0.15, 0.2) is 0 Å². The van der Waals surface area contributed by atoms with Crippen molar-refractivity contribution in [3.8, 4) is 10.4 Å². The van der Waals surface area contributed by atoms with E-state index in [0.29, 0.717) is 15.8 Å². The quantitative estimate of drug-likeness (QED) is 0.474. The van der Waals surface area contributed by atoms with Crippen molar-refractivity contribution in [1.82, 2.24) is 9.55 Å². The van der Waals surface area contributed by atoms with Crippen molar-refractivity contribution in [3.63, 3.8) is 0 Å². The zero-order valence-electron chi connectivity index (χ0n) is 13.9. The topological polar surface area (TPSA) is 61.2 Å². The Morgan fingerprint density at radius 3 is 2.74 bits per heavy atom. The van der Waals surface area contributed by atoms with Crippen molar-refractivity contribution in [2.75, 3.05) is 0 Å². The molecule has 1 aromatic carbocycles. The van der Waals surface area contributed by atoms with Gasteiger partial charge in [0.2, 0.25) is 0 Å². The Morgan fingerprint density at radius 1 is 1.19 bits per heavy atom. The number of hydrogen-bond acceptors (Lipinski definition) is 6. The van der Waals surface area contributed by atoms with Crippen LogP contribution in [0.1, 0.15) is 5.56 Å². The molecule has 4 aromatic rings. The Kier molecular flexibility index (Phi) is 4.83. The highest BCUT2D eigenvalue weighted by molar-refractivity contribution is 7.18. The molecule has 0 aliphatic rings. The van der Waals surface area contributed by atoms with Crippen molar-refractivity contribution in [3.05, 3.63) is 75.2 Å². The first-order chi connectivity index (χ1) is 13.1. The molecule has 0 aliphatic heterocycles. The van der Waals surface area contributed by atoms with Gasteiger partial charge in [-0.1, -0.05) is 18.2 Å². The number of aromatic nitrogens is 2. The molecule has 0 saturated heterocycles. The van der Waals surface area contributed by atoms with Crippen LogP contribution in [0, 0.1) is 5.82 Å². The fourth-order valence-electron chi connectivity index (χ4n) is 2.62. The maximum absolute atomic E-state index is 12.9. The third-order valence-corrected chi connectivity index (χ3v) is 5.75. The van der Waals surface area contributed by atoms with Gasteiger partial charge >= 0.3 is 5.97 Å². The molecule has 0 atom stereocenters. The number of nitrogens with zero attached hydrogens (tertiary/aromatic N) is 2. The minimum Gasteiger partial charge on any atom is -0.459 e. The van der Waals surface area contributed by atoms with Crippen molar-refractivity contribution in [2.24, 2.45) is 0 Å². The average molecular weight is 400 g/mol. The minimum absolute atomic E-state index is 0.0163. The van der Waals surface area contributed by atoms with E-state index in [-0.39, 0.29) is 24.5 Å². The number of fused-ring (bicyclic) bond motifs is 1. The van der Waals surface area contributed by atoms with Gasteiger partial charge in [-0.3, -0.25) is 14.2 Å². The number of thiophene rings is 2. The fourth-order valence-corrected chi connectivity index (χ4v) is 4.34. The zero-order valence-corrected chi connectivity index (χ0v) is 15.6. The van der Waals surface area contributed by atoms with Crippen LogP contribution in [0.15, 0.2) is 58.3 Å². The number of hydrogen-bond donors (Lipinski definition) is 0. The van der Waals surface area contributed by atoms with Crippen LogP contribution in [-0.4, -0.2) is 15.5 Å². The second kappa shape index (κ2) is 7.42. The van der Waals surface area contributed by atoms with E-state index in [9.17, 15) is 14.0 Å². The van der Waals surface area contributed by atoms with Gasteiger partial charge < -0.3 is 4.74 Å². The molecule has 0 amide bonds. The summed E-state index contributed by atoms with van der Waals surface area (Å²) in [5, 5.41) is 4.36. The first kappa shape index (κ1) is 17.6. The van der Waals surface area contributed by atoms with Crippen LogP contribution in [0.5, 0.6) is 0 Å². The summed E-state index contributed by atoms with van der Waals surface area (Å²) in [5.41, 5.74) is 1.23. The van der Waals surface area contributed by atoms with Crippen LogP contribution in [0.3, 0.4) is 0 Å². The number of rotatable bonds is 5. The summed E-state index contributed by atoms with van der Waals surface area (Å²) in [6.45, 7) is -0.217. The summed E-state index contributed by atoms with van der Waals surface area (Å²) in [6, 6.07) is 9.55. The Labute approximate surface area is 161 Å². The van der Waals surface area contributed by atoms with Crippen molar-refractivity contribution < 1.29 is 13.9 Å². The average Bonchev–Trinajstić information content (AvgIpc) is 3.33. The van der Waals surface area contributed by atoms with Gasteiger partial charge in [0, 0.05) is 15.8 Å². The second-order valence-corrected chi connectivity index (χ2v) is 7.58. The van der Waals surface area contributed by atoms with Gasteiger partial charge in [0.1, 0.15) is 23.8 Å². The standard InChI is InChI=1S/C19H13FN2O3S2/c20-13-5-3-12(4-6-13)9-25-16(23)8-22-11-21-18-17(19(22)24)14(10-27-18)15-2-1-7-26-15/h1-7,10-11H,8-9H2. The first-order valence-corrected chi connectivity index (χ1v) is 9.78. The monoisotopic (exact) mass is 400 g/mol. The maximum Gasteiger partial charge on any atom is 0.326 e. The molecule has 136 valence electrons. The van der Waals surface area contributed by atoms with E-state index in [2.05, 4.69) is 4.98 Å². The third kappa shape index (κ3) is 3.67. The molecule has 0 saturated carbocycles. The molecule has 4 rings (SSSR count). The molecule has 27 heavy (non-hydrogen) atoms. The number of halogens is 1. The van der Waals surface area contributed by atoms with E-state index in [1.165, 1.54) is 34.4 Å². The summed E-state index contributed by atoms with van der Waals surface area (Å²) in [6.07, 6.45) is 1.36. The summed E-state index contributed by atoms with van der Waals surface area (Å²) >= 11 is 2.94. The minimum atomic E-state index is -0.560. The largest absolute Gasteiger partial charge is 0.459 e. The molecular weight excluding hydrogens is 387 g/mol. The normalized spacial score (nSPS) is 11.0. The first-order valence-electron chi connectivity index (χ1n) is 8.02. The Hall–Kier alpha value is -2.84. The number of benzene rings is 1. The van der Waals surface area contributed by atoms with E-state index in [1.807, 2.05) is 22.9 Å². The van der Waals surface area contributed by atoms with Crippen LogP contribution in [-0.2, 0) is 22.7 Å². The number of ether oxygens (including phenoxy) is 1. The van der Waals surface area contributed by atoms with Crippen LogP contribution in [0.4, 0.5) is 4.39 Å². The SMILES string of the molecule is O=C(Cn1cnc2scc(-c3cccs3)c2c1=O)OCc1ccc(F)cc1. The number of esters is 1. The Balaban J connectivity index is 1.54. The molecule has 3 aromatic heterocycles. The Morgan fingerprint density at radius 2 is 2.00 bits per heavy atom. The highest BCUT2D eigenvalue weighted by Gasteiger charge is 2.15. The van der Waals surface area contributed by atoms with Gasteiger partial charge in [0.05, 0.1) is 11.7 Å². The predicted molar refractivity (Wildman–Crippen MR) is 103 cm³/mol. The van der Waals surface area contributed by atoms with Crippen molar-refractivity contribution in [2.45, 2.75) is 13.2 Å². The van der Waals surface area contributed by atoms with Gasteiger partial charge in [-0.05, 0) is 29.1 Å². The zero-order chi connectivity index (χ0) is 18.8. The highest BCUT2D eigenvalue weighted by Crippen LogP contribution is 2.33. The predicted octanol–water partition coefficient (Wildman–Crippen LogP) is 4.07. The van der Waals surface area contributed by atoms with Gasteiger partial charge in [0.25, 0.3) is 5.56 Å². The third-order valence-electron chi connectivity index (χ3n) is 3.96. The molecule has 3 heterocycles. The van der Waals surface area contributed by atoms with Gasteiger partial charge in [-0.15, -0.1) is 22.7 Å². The summed E-state index contributed by atoms with van der Waals surface area (Å²) < 4.78 is 19.3. The van der Waals surface area contributed by atoms with E-state index < -0.39 is 5.97 Å². The number of carbonyl (C=O) groups is 1. The second-order valence-electron chi connectivity index (χ2n) is 5.77. The lowest BCUT2D eigenvalue weighted by molar-refractivity contribution is -0.145. The maximum atomic E-state index is 12.9. The summed E-state index contributed by atoms with van der Waals surface area (Å²) in [7, 11) is 0. The molecule has 0 spiro atoms. The van der Waals surface area contributed by atoms with Crippen LogP contribution < -0.4 is 5.56 Å². The molecular formula is C19H13FN2O3S2. The molecule has 8 heteroatoms. The van der Waals surface area contributed by atoms with Crippen LogP contribution >= 0.6 is 22.7 Å². The number of carbonyl (C=O) groups excluding carboxylic acids is 1. The lowest BCUT2D eigenvalue weighted by atomic mass is 10.2. The smallest absolute Gasteiger partial charge is 0.326 e. The molecule has 0 unspecified atom stereocenters. The molecule has 0 bridgehead atoms. The molecule has 0 radical (unpaired) electrons. The van der Waals surface area contributed by atoms with Crippen LogP contribution in [0.2, 0.25) is 0 Å². The molecule has 0 N–H and O–H groups in total. The summed E-state index contributed by atoms with van der Waals surface area (Å²) in [5.74, 6) is -0.913. The molecule has 0 fully saturated rings. The van der Waals surface area contributed by atoms with Crippen molar-refractivity contribution in [1.29, 1.82) is 0 Å². The molecule has 0 aliphatic carbocycles.